The van der Waals surface area contributed by atoms with Gasteiger partial charge in [-0.1, -0.05) is 0 Å². The molecule has 1 aliphatic rings. The van der Waals surface area contributed by atoms with Crippen molar-refractivity contribution in [2.45, 2.75) is 19.5 Å². The molecule has 0 saturated carbocycles. The molecule has 0 aliphatic carbocycles. The van der Waals surface area contributed by atoms with Crippen LogP contribution in [0.25, 0.3) is 10.9 Å². The summed E-state index contributed by atoms with van der Waals surface area (Å²) in [6.45, 7) is 3.82. The number of likely N-dealkylation sites (tertiary alicyclic amines) is 1. The van der Waals surface area contributed by atoms with Gasteiger partial charge < -0.3 is 8.98 Å². The predicted octanol–water partition coefficient (Wildman–Crippen LogP) is 3.66. The molecule has 6 nitrogen and oxygen atoms in total. The second-order valence-corrected chi connectivity index (χ2v) is 6.44. The Morgan fingerprint density at radius 1 is 1.29 bits per heavy atom. The van der Waals surface area contributed by atoms with E-state index in [1.165, 1.54) is 0 Å². The Bertz CT molecular complexity index is 854. The van der Waals surface area contributed by atoms with Crippen LogP contribution in [-0.2, 0) is 13.1 Å². The summed E-state index contributed by atoms with van der Waals surface area (Å²) < 4.78 is 7.56. The van der Waals surface area contributed by atoms with Crippen LogP contribution in [0.5, 0.6) is 0 Å². The molecular weight excluding hydrogens is 306 g/mol. The fourth-order valence-corrected chi connectivity index (χ4v) is 3.55. The first kappa shape index (κ1) is 15.0. The summed E-state index contributed by atoms with van der Waals surface area (Å²) in [6.07, 6.45) is 4.88. The topological polar surface area (TPSA) is 64.5 Å². The molecule has 124 valence electrons. The van der Waals surface area contributed by atoms with E-state index in [1.54, 1.807) is 18.4 Å². The fraction of sp³-hybridized carbons (Fsp3) is 0.333. The van der Waals surface area contributed by atoms with Crippen LogP contribution >= 0.6 is 0 Å². The zero-order valence-electron chi connectivity index (χ0n) is 13.3. The SMILES string of the molecule is O=[N+]([O-])c1ccc2ccn(CC3CCN(Cc4ccco4)C3)c2c1. The molecule has 1 saturated heterocycles. The van der Waals surface area contributed by atoms with Crippen LogP contribution in [0.1, 0.15) is 12.2 Å². The van der Waals surface area contributed by atoms with Crippen molar-refractivity contribution in [2.75, 3.05) is 13.1 Å². The molecule has 0 N–H and O–H groups in total. The molecule has 1 atom stereocenters. The van der Waals surface area contributed by atoms with Gasteiger partial charge in [0.25, 0.3) is 5.69 Å². The first-order valence-electron chi connectivity index (χ1n) is 8.17. The van der Waals surface area contributed by atoms with Crippen LogP contribution in [0.3, 0.4) is 0 Å². The Balaban J connectivity index is 1.46. The smallest absolute Gasteiger partial charge is 0.271 e. The number of non-ortho nitro benzene ring substituents is 1. The van der Waals surface area contributed by atoms with E-state index in [1.807, 2.05) is 30.5 Å². The van der Waals surface area contributed by atoms with Gasteiger partial charge in [-0.05, 0) is 43.1 Å². The van der Waals surface area contributed by atoms with Crippen molar-refractivity contribution in [2.24, 2.45) is 5.92 Å². The maximum absolute atomic E-state index is 11.0. The molecule has 1 unspecified atom stereocenters. The molecule has 24 heavy (non-hydrogen) atoms. The molecule has 0 bridgehead atoms. The Labute approximate surface area is 139 Å². The number of nitro benzene ring substituents is 1. The Morgan fingerprint density at radius 2 is 2.21 bits per heavy atom. The third-order valence-electron chi connectivity index (χ3n) is 4.75. The number of rotatable bonds is 5. The number of aromatic nitrogens is 1. The molecule has 0 radical (unpaired) electrons. The van der Waals surface area contributed by atoms with Crippen molar-refractivity contribution in [1.82, 2.24) is 9.47 Å². The lowest BCUT2D eigenvalue weighted by Crippen LogP contribution is -2.21. The zero-order valence-corrected chi connectivity index (χ0v) is 13.3. The summed E-state index contributed by atoms with van der Waals surface area (Å²) in [4.78, 5) is 13.1. The lowest BCUT2D eigenvalue weighted by Gasteiger charge is -2.15. The molecule has 2 aromatic heterocycles. The summed E-state index contributed by atoms with van der Waals surface area (Å²) in [7, 11) is 0. The highest BCUT2D eigenvalue weighted by molar-refractivity contribution is 5.82. The highest BCUT2D eigenvalue weighted by atomic mass is 16.6. The normalized spacial score (nSPS) is 18.4. The Morgan fingerprint density at radius 3 is 3.00 bits per heavy atom. The van der Waals surface area contributed by atoms with Crippen LogP contribution < -0.4 is 0 Å². The van der Waals surface area contributed by atoms with Crippen LogP contribution in [0.4, 0.5) is 5.69 Å². The number of benzene rings is 1. The van der Waals surface area contributed by atoms with Gasteiger partial charge >= 0.3 is 0 Å². The summed E-state index contributed by atoms with van der Waals surface area (Å²) in [6, 6.07) is 11.0. The summed E-state index contributed by atoms with van der Waals surface area (Å²) in [5.74, 6) is 1.55. The number of furan rings is 1. The standard InChI is InChI=1S/C18H19N3O3/c22-21(23)16-4-3-15-6-8-20(18(15)10-16)12-14-5-7-19(11-14)13-17-2-1-9-24-17/h1-4,6,8-10,14H,5,7,11-13H2. The fourth-order valence-electron chi connectivity index (χ4n) is 3.55. The van der Waals surface area contributed by atoms with E-state index in [2.05, 4.69) is 9.47 Å². The summed E-state index contributed by atoms with van der Waals surface area (Å²) >= 11 is 0. The van der Waals surface area contributed by atoms with Crippen LogP contribution in [-0.4, -0.2) is 27.5 Å². The van der Waals surface area contributed by atoms with Gasteiger partial charge in [0.2, 0.25) is 0 Å². The van der Waals surface area contributed by atoms with E-state index in [0.717, 1.165) is 49.3 Å². The lowest BCUT2D eigenvalue weighted by atomic mass is 10.1. The van der Waals surface area contributed by atoms with Gasteiger partial charge in [-0.3, -0.25) is 15.0 Å². The second-order valence-electron chi connectivity index (χ2n) is 6.44. The van der Waals surface area contributed by atoms with Crippen molar-refractivity contribution in [1.29, 1.82) is 0 Å². The van der Waals surface area contributed by atoms with E-state index >= 15 is 0 Å². The van der Waals surface area contributed by atoms with Crippen LogP contribution in [0.15, 0.2) is 53.3 Å². The molecule has 1 fully saturated rings. The van der Waals surface area contributed by atoms with Gasteiger partial charge in [0.15, 0.2) is 0 Å². The van der Waals surface area contributed by atoms with Gasteiger partial charge in [-0.25, -0.2) is 0 Å². The Hall–Kier alpha value is -2.60. The summed E-state index contributed by atoms with van der Waals surface area (Å²) in [5, 5.41) is 12.0. The minimum atomic E-state index is -0.336. The van der Waals surface area contributed by atoms with Gasteiger partial charge in [0.05, 0.1) is 23.2 Å². The number of hydrogen-bond donors (Lipinski definition) is 0. The van der Waals surface area contributed by atoms with Crippen molar-refractivity contribution >= 4 is 16.6 Å². The molecule has 1 aromatic carbocycles. The molecule has 0 amide bonds. The number of nitro groups is 1. The van der Waals surface area contributed by atoms with Crippen LogP contribution in [0, 0.1) is 16.0 Å². The van der Waals surface area contributed by atoms with Gasteiger partial charge in [-0.15, -0.1) is 0 Å². The number of nitrogens with zero attached hydrogens (tertiary/aromatic N) is 3. The molecule has 3 aromatic rings. The number of hydrogen-bond acceptors (Lipinski definition) is 4. The number of fused-ring (bicyclic) bond motifs is 1. The highest BCUT2D eigenvalue weighted by Crippen LogP contribution is 2.26. The maximum atomic E-state index is 11.0. The molecule has 6 heteroatoms. The van der Waals surface area contributed by atoms with Crippen molar-refractivity contribution in [3.8, 4) is 0 Å². The molecule has 4 rings (SSSR count). The molecule has 3 heterocycles. The zero-order chi connectivity index (χ0) is 16.5. The van der Waals surface area contributed by atoms with Crippen molar-refractivity contribution in [3.63, 3.8) is 0 Å². The third-order valence-corrected chi connectivity index (χ3v) is 4.75. The maximum Gasteiger partial charge on any atom is 0.271 e. The van der Waals surface area contributed by atoms with E-state index < -0.39 is 0 Å². The average molecular weight is 325 g/mol. The molecular formula is C18H19N3O3. The second kappa shape index (κ2) is 6.13. The van der Waals surface area contributed by atoms with Gasteiger partial charge in [-0.2, -0.15) is 0 Å². The van der Waals surface area contributed by atoms with Gasteiger partial charge in [0, 0.05) is 36.8 Å². The monoisotopic (exact) mass is 325 g/mol. The third kappa shape index (κ3) is 2.92. The first-order chi connectivity index (χ1) is 11.7. The van der Waals surface area contributed by atoms with E-state index in [-0.39, 0.29) is 10.6 Å². The minimum absolute atomic E-state index is 0.147. The van der Waals surface area contributed by atoms with E-state index in [0.29, 0.717) is 5.92 Å². The van der Waals surface area contributed by atoms with E-state index in [4.69, 9.17) is 4.42 Å². The van der Waals surface area contributed by atoms with Crippen LogP contribution in [0.2, 0.25) is 0 Å². The largest absolute Gasteiger partial charge is 0.468 e. The van der Waals surface area contributed by atoms with Crippen molar-refractivity contribution < 1.29 is 9.34 Å². The lowest BCUT2D eigenvalue weighted by molar-refractivity contribution is -0.384. The Kier molecular flexibility index (Phi) is 3.82. The van der Waals surface area contributed by atoms with E-state index in [9.17, 15) is 10.1 Å². The van der Waals surface area contributed by atoms with Gasteiger partial charge in [0.1, 0.15) is 5.76 Å². The average Bonchev–Trinajstić information content (AvgIpc) is 3.30. The minimum Gasteiger partial charge on any atom is -0.468 e. The quantitative estimate of drug-likeness (QED) is 0.530. The molecule has 1 aliphatic heterocycles. The first-order valence-corrected chi connectivity index (χ1v) is 8.17. The summed E-state index contributed by atoms with van der Waals surface area (Å²) in [5.41, 5.74) is 1.09. The molecule has 0 spiro atoms. The predicted molar refractivity (Wildman–Crippen MR) is 90.7 cm³/mol. The highest BCUT2D eigenvalue weighted by Gasteiger charge is 2.24. The van der Waals surface area contributed by atoms with Crippen molar-refractivity contribution in [3.05, 3.63) is 64.7 Å².